The lowest BCUT2D eigenvalue weighted by molar-refractivity contribution is 0.669. The van der Waals surface area contributed by atoms with Crippen molar-refractivity contribution >= 4 is 49.8 Å². The van der Waals surface area contributed by atoms with E-state index in [2.05, 4.69) is 157 Å². The summed E-state index contributed by atoms with van der Waals surface area (Å²) in [5.41, 5.74) is 9.82. The second-order valence-electron chi connectivity index (χ2n) is 10.5. The first-order valence-electron chi connectivity index (χ1n) is 14.3. The largest absolute Gasteiger partial charge is 0.456 e. The molecule has 2 nitrogen and oxygen atoms in total. The highest BCUT2D eigenvalue weighted by Gasteiger charge is 2.20. The summed E-state index contributed by atoms with van der Waals surface area (Å²) in [6.07, 6.45) is 0. The lowest BCUT2D eigenvalue weighted by atomic mass is 9.96. The van der Waals surface area contributed by atoms with Gasteiger partial charge in [0.25, 0.3) is 0 Å². The Morgan fingerprint density at radius 2 is 1.02 bits per heavy atom. The highest BCUT2D eigenvalue weighted by atomic mass is 16.3. The van der Waals surface area contributed by atoms with Crippen LogP contribution >= 0.6 is 0 Å². The van der Waals surface area contributed by atoms with E-state index in [4.69, 9.17) is 4.42 Å². The van der Waals surface area contributed by atoms with Crippen molar-refractivity contribution < 1.29 is 4.42 Å². The van der Waals surface area contributed by atoms with E-state index in [-0.39, 0.29) is 0 Å². The van der Waals surface area contributed by atoms with Crippen molar-refractivity contribution in [2.75, 3.05) is 4.90 Å². The van der Waals surface area contributed by atoms with Gasteiger partial charge in [-0.05, 0) is 69.9 Å². The van der Waals surface area contributed by atoms with Crippen molar-refractivity contribution in [3.8, 4) is 22.3 Å². The Kier molecular flexibility index (Phi) is 5.82. The summed E-state index contributed by atoms with van der Waals surface area (Å²) < 4.78 is 6.27. The van der Waals surface area contributed by atoms with Crippen LogP contribution in [0.25, 0.3) is 55.0 Å². The summed E-state index contributed by atoms with van der Waals surface area (Å²) in [7, 11) is 0. The molecular formula is C40H27NO. The van der Waals surface area contributed by atoms with Gasteiger partial charge in [0.2, 0.25) is 0 Å². The molecular weight excluding hydrogens is 510 g/mol. The smallest absolute Gasteiger partial charge is 0.136 e. The van der Waals surface area contributed by atoms with E-state index < -0.39 is 0 Å². The van der Waals surface area contributed by atoms with Gasteiger partial charge < -0.3 is 9.32 Å². The molecule has 0 aliphatic carbocycles. The van der Waals surface area contributed by atoms with Crippen molar-refractivity contribution in [1.82, 2.24) is 0 Å². The quantitative estimate of drug-likeness (QED) is 0.217. The SMILES string of the molecule is c1ccc(N(c2cccc(-c3cccc4ccccc34)c2)c2ccccc2-c2cccc3oc4ccccc4c23)cc1. The number of nitrogens with zero attached hydrogens (tertiary/aromatic N) is 1. The van der Waals surface area contributed by atoms with Gasteiger partial charge in [-0.3, -0.25) is 0 Å². The van der Waals surface area contributed by atoms with Crippen molar-refractivity contribution in [2.24, 2.45) is 0 Å². The van der Waals surface area contributed by atoms with Crippen LogP contribution in [-0.4, -0.2) is 0 Å². The predicted octanol–water partition coefficient (Wildman–Crippen LogP) is 11.5. The summed E-state index contributed by atoms with van der Waals surface area (Å²) in [4.78, 5) is 2.37. The van der Waals surface area contributed by atoms with Gasteiger partial charge in [-0.25, -0.2) is 0 Å². The average molecular weight is 538 g/mol. The summed E-state index contributed by atoms with van der Waals surface area (Å²) >= 11 is 0. The molecule has 0 atom stereocenters. The van der Waals surface area contributed by atoms with Crippen molar-refractivity contribution in [3.05, 3.63) is 164 Å². The zero-order valence-corrected chi connectivity index (χ0v) is 22.9. The van der Waals surface area contributed by atoms with Crippen LogP contribution in [0.1, 0.15) is 0 Å². The van der Waals surface area contributed by atoms with Crippen molar-refractivity contribution in [3.63, 3.8) is 0 Å². The Hall–Kier alpha value is -5.60. The lowest BCUT2D eigenvalue weighted by Crippen LogP contribution is -2.11. The first kappa shape index (κ1) is 24.2. The monoisotopic (exact) mass is 537 g/mol. The van der Waals surface area contributed by atoms with E-state index in [1.54, 1.807) is 0 Å². The van der Waals surface area contributed by atoms with Crippen LogP contribution in [0, 0.1) is 0 Å². The molecule has 1 heterocycles. The zero-order chi connectivity index (χ0) is 27.9. The molecule has 1 aromatic heterocycles. The minimum Gasteiger partial charge on any atom is -0.456 e. The predicted molar refractivity (Wildman–Crippen MR) is 177 cm³/mol. The fourth-order valence-electron chi connectivity index (χ4n) is 6.19. The van der Waals surface area contributed by atoms with Gasteiger partial charge in [0.05, 0.1) is 5.69 Å². The molecule has 0 bridgehead atoms. The topological polar surface area (TPSA) is 16.4 Å². The van der Waals surface area contributed by atoms with Gasteiger partial charge in [0.15, 0.2) is 0 Å². The maximum Gasteiger partial charge on any atom is 0.136 e. The molecule has 0 radical (unpaired) electrons. The second kappa shape index (κ2) is 10.1. The Morgan fingerprint density at radius 1 is 0.405 bits per heavy atom. The number of hydrogen-bond acceptors (Lipinski definition) is 2. The van der Waals surface area contributed by atoms with Gasteiger partial charge >= 0.3 is 0 Å². The van der Waals surface area contributed by atoms with E-state index in [1.165, 1.54) is 21.9 Å². The third-order valence-corrected chi connectivity index (χ3v) is 8.06. The van der Waals surface area contributed by atoms with Gasteiger partial charge in [0, 0.05) is 27.7 Å². The molecule has 7 aromatic carbocycles. The third kappa shape index (κ3) is 4.05. The molecule has 2 heteroatoms. The molecule has 0 amide bonds. The summed E-state index contributed by atoms with van der Waals surface area (Å²) in [6.45, 7) is 0. The minimum atomic E-state index is 0.896. The van der Waals surface area contributed by atoms with Crippen LogP contribution in [0.5, 0.6) is 0 Å². The number of furan rings is 1. The molecule has 198 valence electrons. The first-order valence-corrected chi connectivity index (χ1v) is 14.3. The summed E-state index contributed by atoms with van der Waals surface area (Å²) in [5, 5.41) is 4.76. The molecule has 0 fully saturated rings. The zero-order valence-electron chi connectivity index (χ0n) is 22.9. The summed E-state index contributed by atoms with van der Waals surface area (Å²) in [6, 6.07) is 58.0. The number of anilines is 3. The average Bonchev–Trinajstić information content (AvgIpc) is 3.45. The van der Waals surface area contributed by atoms with E-state index in [1.807, 2.05) is 12.1 Å². The lowest BCUT2D eigenvalue weighted by Gasteiger charge is -2.28. The summed E-state index contributed by atoms with van der Waals surface area (Å²) in [5.74, 6) is 0. The van der Waals surface area contributed by atoms with Crippen LogP contribution < -0.4 is 4.90 Å². The van der Waals surface area contributed by atoms with E-state index in [0.29, 0.717) is 0 Å². The highest BCUT2D eigenvalue weighted by molar-refractivity contribution is 6.13. The standard InChI is InChI=1S/C40H27NO/c1-2-16-30(17-3-1)41(31-18-10-15-29(27-31)33-22-11-14-28-13-4-5-19-32(28)33)37-24-8-6-20-34(37)35-23-12-26-39-40(35)36-21-7-9-25-38(36)42-39/h1-27H. The number of para-hydroxylation sites is 3. The van der Waals surface area contributed by atoms with Crippen molar-refractivity contribution in [2.45, 2.75) is 0 Å². The fraction of sp³-hybridized carbons (Fsp3) is 0. The maximum atomic E-state index is 6.27. The number of benzene rings is 7. The number of hydrogen-bond donors (Lipinski definition) is 0. The van der Waals surface area contributed by atoms with Crippen LogP contribution in [-0.2, 0) is 0 Å². The van der Waals surface area contributed by atoms with Gasteiger partial charge in [-0.2, -0.15) is 0 Å². The van der Waals surface area contributed by atoms with Crippen LogP contribution in [0.4, 0.5) is 17.1 Å². The first-order chi connectivity index (χ1) is 20.8. The van der Waals surface area contributed by atoms with Crippen LogP contribution in [0.3, 0.4) is 0 Å². The molecule has 0 N–H and O–H groups in total. The van der Waals surface area contributed by atoms with E-state index >= 15 is 0 Å². The molecule has 42 heavy (non-hydrogen) atoms. The highest BCUT2D eigenvalue weighted by Crippen LogP contribution is 2.45. The molecule has 0 unspecified atom stereocenters. The third-order valence-electron chi connectivity index (χ3n) is 8.06. The minimum absolute atomic E-state index is 0.896. The Balaban J connectivity index is 1.36. The fourth-order valence-corrected chi connectivity index (χ4v) is 6.19. The second-order valence-corrected chi connectivity index (χ2v) is 10.5. The van der Waals surface area contributed by atoms with Crippen molar-refractivity contribution in [1.29, 1.82) is 0 Å². The normalized spacial score (nSPS) is 11.3. The Bertz CT molecular complexity index is 2200. The number of rotatable bonds is 5. The van der Waals surface area contributed by atoms with Gasteiger partial charge in [-0.1, -0.05) is 121 Å². The molecule has 8 aromatic rings. The molecule has 0 aliphatic heterocycles. The Morgan fingerprint density at radius 3 is 1.95 bits per heavy atom. The van der Waals surface area contributed by atoms with Crippen LogP contribution in [0.15, 0.2) is 168 Å². The Labute approximate surface area is 244 Å². The number of fused-ring (bicyclic) bond motifs is 4. The van der Waals surface area contributed by atoms with Crippen LogP contribution in [0.2, 0.25) is 0 Å². The van der Waals surface area contributed by atoms with Gasteiger partial charge in [-0.15, -0.1) is 0 Å². The molecule has 0 spiro atoms. The van der Waals surface area contributed by atoms with Gasteiger partial charge in [0.1, 0.15) is 11.2 Å². The molecule has 0 saturated heterocycles. The van der Waals surface area contributed by atoms with E-state index in [9.17, 15) is 0 Å². The maximum absolute atomic E-state index is 6.27. The van der Waals surface area contributed by atoms with E-state index in [0.717, 1.165) is 50.1 Å². The molecule has 0 aliphatic rings. The molecule has 0 saturated carbocycles. The molecule has 8 rings (SSSR count).